The van der Waals surface area contributed by atoms with Crippen LogP contribution in [-0.4, -0.2) is 19.0 Å². The van der Waals surface area contributed by atoms with E-state index in [9.17, 15) is 0 Å². The van der Waals surface area contributed by atoms with Crippen LogP contribution in [0.4, 0.5) is 5.69 Å². The van der Waals surface area contributed by atoms with Gasteiger partial charge in [0, 0.05) is 11.6 Å². The van der Waals surface area contributed by atoms with Crippen LogP contribution < -0.4 is 16.2 Å². The molecule has 1 aliphatic rings. The molecule has 0 spiro atoms. The summed E-state index contributed by atoms with van der Waals surface area (Å²) in [5, 5.41) is 5.32. The van der Waals surface area contributed by atoms with Gasteiger partial charge in [-0.05, 0) is 24.6 Å². The molecule has 0 aromatic heterocycles. The Morgan fingerprint density at radius 1 is 1.53 bits per heavy atom. The van der Waals surface area contributed by atoms with Crippen molar-refractivity contribution in [3.05, 3.63) is 28.8 Å². The third kappa shape index (κ3) is 2.06. The molecule has 0 fully saturated rings. The predicted octanol–water partition coefficient (Wildman–Crippen LogP) is 1.29. The molecule has 2 rings (SSSR count). The third-order valence-corrected chi connectivity index (χ3v) is 2.73. The van der Waals surface area contributed by atoms with E-state index in [1.165, 1.54) is 5.01 Å². The highest BCUT2D eigenvalue weighted by Gasteiger charge is 2.13. The molecule has 0 saturated carbocycles. The van der Waals surface area contributed by atoms with E-state index in [4.69, 9.17) is 17.4 Å². The van der Waals surface area contributed by atoms with Gasteiger partial charge in [0.25, 0.3) is 0 Å². The van der Waals surface area contributed by atoms with E-state index in [1.54, 1.807) is 0 Å². The van der Waals surface area contributed by atoms with E-state index in [-0.39, 0.29) is 0 Å². The Labute approximate surface area is 93.7 Å². The van der Waals surface area contributed by atoms with E-state index >= 15 is 0 Å². The molecule has 15 heavy (non-hydrogen) atoms. The average molecular weight is 225 g/mol. The molecule has 0 atom stereocenters. The Kier molecular flexibility index (Phi) is 2.79. The van der Waals surface area contributed by atoms with Crippen LogP contribution in [0.25, 0.3) is 0 Å². The molecule has 0 amide bonds. The van der Waals surface area contributed by atoms with Crippen molar-refractivity contribution >= 4 is 23.2 Å². The Bertz CT molecular complexity index is 402. The molecule has 1 aromatic rings. The lowest BCUT2D eigenvalue weighted by Gasteiger charge is -2.18. The van der Waals surface area contributed by atoms with Crippen LogP contribution in [0.2, 0.25) is 5.02 Å². The molecule has 4 nitrogen and oxygen atoms in total. The van der Waals surface area contributed by atoms with Gasteiger partial charge in [0.1, 0.15) is 0 Å². The first-order valence-electron chi connectivity index (χ1n) is 4.78. The molecule has 0 radical (unpaired) electrons. The number of hydrogen-bond donors (Lipinski definition) is 2. The number of aliphatic imine (C=N–C) groups is 1. The van der Waals surface area contributed by atoms with Gasteiger partial charge in [-0.1, -0.05) is 17.7 Å². The van der Waals surface area contributed by atoms with Crippen LogP contribution in [0.15, 0.2) is 23.2 Å². The Balaban J connectivity index is 2.25. The fourth-order valence-electron chi connectivity index (χ4n) is 1.40. The highest BCUT2D eigenvalue weighted by Crippen LogP contribution is 2.21. The van der Waals surface area contributed by atoms with Crippen LogP contribution in [0.3, 0.4) is 0 Å². The summed E-state index contributed by atoms with van der Waals surface area (Å²) in [6.07, 6.45) is 0. The number of nitrogens with zero attached hydrogens (tertiary/aromatic N) is 2. The first-order valence-corrected chi connectivity index (χ1v) is 5.15. The standard InChI is InChI=1S/C10H13ClN4/c1-7-2-3-8(6-9(7)11)15(12)10-13-4-5-14-10/h2-3,6H,4-5,12H2,1H3,(H,13,14). The number of anilines is 1. The zero-order valence-electron chi connectivity index (χ0n) is 8.50. The average Bonchev–Trinajstić information content (AvgIpc) is 2.74. The van der Waals surface area contributed by atoms with Gasteiger partial charge < -0.3 is 5.32 Å². The summed E-state index contributed by atoms with van der Waals surface area (Å²) in [5.41, 5.74) is 1.87. The second-order valence-corrected chi connectivity index (χ2v) is 3.84. The SMILES string of the molecule is Cc1ccc(N(N)C2=NCCN2)cc1Cl. The number of benzene rings is 1. The molecule has 0 aliphatic carbocycles. The minimum Gasteiger partial charge on any atom is -0.353 e. The van der Waals surface area contributed by atoms with Crippen LogP contribution in [0, 0.1) is 6.92 Å². The number of hydrazine groups is 1. The number of nitrogens with two attached hydrogens (primary N) is 1. The van der Waals surface area contributed by atoms with Crippen LogP contribution in [-0.2, 0) is 0 Å². The molecule has 0 bridgehead atoms. The normalized spacial score (nSPS) is 14.7. The summed E-state index contributed by atoms with van der Waals surface area (Å²) in [7, 11) is 0. The minimum atomic E-state index is 0.690. The van der Waals surface area contributed by atoms with Crippen LogP contribution in [0.1, 0.15) is 5.56 Å². The van der Waals surface area contributed by atoms with E-state index in [1.807, 2.05) is 25.1 Å². The smallest absolute Gasteiger partial charge is 0.213 e. The Morgan fingerprint density at radius 2 is 2.33 bits per heavy atom. The van der Waals surface area contributed by atoms with Gasteiger partial charge in [0.05, 0.1) is 12.2 Å². The largest absolute Gasteiger partial charge is 0.353 e. The maximum atomic E-state index is 6.02. The summed E-state index contributed by atoms with van der Waals surface area (Å²) < 4.78 is 0. The van der Waals surface area contributed by atoms with Crippen molar-refractivity contribution in [3.63, 3.8) is 0 Å². The fraction of sp³-hybridized carbons (Fsp3) is 0.300. The predicted molar refractivity (Wildman–Crippen MR) is 63.2 cm³/mol. The molecule has 1 aromatic carbocycles. The second kappa shape index (κ2) is 4.08. The molecule has 3 N–H and O–H groups in total. The molecule has 1 aliphatic heterocycles. The second-order valence-electron chi connectivity index (χ2n) is 3.44. The molecular weight excluding hydrogens is 212 g/mol. The molecule has 0 unspecified atom stereocenters. The maximum absolute atomic E-state index is 6.02. The highest BCUT2D eigenvalue weighted by molar-refractivity contribution is 6.31. The topological polar surface area (TPSA) is 53.6 Å². The molecule has 0 saturated heterocycles. The van der Waals surface area contributed by atoms with E-state index < -0.39 is 0 Å². The van der Waals surface area contributed by atoms with Crippen molar-refractivity contribution < 1.29 is 0 Å². The number of halogens is 1. The lowest BCUT2D eigenvalue weighted by molar-refractivity contribution is 0.943. The third-order valence-electron chi connectivity index (χ3n) is 2.32. The van der Waals surface area contributed by atoms with Crippen molar-refractivity contribution in [3.8, 4) is 0 Å². The van der Waals surface area contributed by atoms with Crippen molar-refractivity contribution in [1.82, 2.24) is 5.32 Å². The van der Waals surface area contributed by atoms with Gasteiger partial charge in [0.15, 0.2) is 0 Å². The molecule has 5 heteroatoms. The first kappa shape index (κ1) is 10.3. The maximum Gasteiger partial charge on any atom is 0.213 e. The Morgan fingerprint density at radius 3 is 2.93 bits per heavy atom. The monoisotopic (exact) mass is 224 g/mol. The molecule has 80 valence electrons. The number of aryl methyl sites for hydroxylation is 1. The summed E-state index contributed by atoms with van der Waals surface area (Å²) in [5.74, 6) is 6.59. The van der Waals surface area contributed by atoms with Crippen LogP contribution >= 0.6 is 11.6 Å². The number of rotatable bonds is 1. The number of nitrogens with one attached hydrogen (secondary N) is 1. The number of hydrogen-bond acceptors (Lipinski definition) is 4. The van der Waals surface area contributed by atoms with E-state index in [0.29, 0.717) is 11.0 Å². The van der Waals surface area contributed by atoms with Gasteiger partial charge in [-0.15, -0.1) is 0 Å². The summed E-state index contributed by atoms with van der Waals surface area (Å²) in [4.78, 5) is 4.23. The van der Waals surface area contributed by atoms with Crippen LogP contribution in [0.5, 0.6) is 0 Å². The molecule has 1 heterocycles. The highest BCUT2D eigenvalue weighted by atomic mass is 35.5. The quantitative estimate of drug-likeness (QED) is 0.558. The van der Waals surface area contributed by atoms with Gasteiger partial charge in [0.2, 0.25) is 5.96 Å². The van der Waals surface area contributed by atoms with Gasteiger partial charge in [-0.25, -0.2) is 15.8 Å². The van der Waals surface area contributed by atoms with E-state index in [0.717, 1.165) is 24.3 Å². The fourth-order valence-corrected chi connectivity index (χ4v) is 1.58. The lowest BCUT2D eigenvalue weighted by Crippen LogP contribution is -2.43. The van der Waals surface area contributed by atoms with Gasteiger partial charge in [-0.3, -0.25) is 0 Å². The zero-order chi connectivity index (χ0) is 10.8. The van der Waals surface area contributed by atoms with Crippen molar-refractivity contribution in [2.24, 2.45) is 10.8 Å². The van der Waals surface area contributed by atoms with Crippen molar-refractivity contribution in [1.29, 1.82) is 0 Å². The van der Waals surface area contributed by atoms with Gasteiger partial charge in [-0.2, -0.15) is 0 Å². The molecular formula is C10H13ClN4. The number of guanidine groups is 1. The summed E-state index contributed by atoms with van der Waals surface area (Å²) >= 11 is 6.02. The summed E-state index contributed by atoms with van der Waals surface area (Å²) in [6.45, 7) is 3.56. The van der Waals surface area contributed by atoms with Gasteiger partial charge >= 0.3 is 0 Å². The summed E-state index contributed by atoms with van der Waals surface area (Å²) in [6, 6.07) is 5.69. The first-order chi connectivity index (χ1) is 7.18. The Hall–Kier alpha value is -1.26. The van der Waals surface area contributed by atoms with E-state index in [2.05, 4.69) is 10.3 Å². The lowest BCUT2D eigenvalue weighted by atomic mass is 10.2. The van der Waals surface area contributed by atoms with Crippen molar-refractivity contribution in [2.75, 3.05) is 18.1 Å². The van der Waals surface area contributed by atoms with Crippen molar-refractivity contribution in [2.45, 2.75) is 6.92 Å². The minimum absolute atomic E-state index is 0.690. The zero-order valence-corrected chi connectivity index (χ0v) is 9.25.